The van der Waals surface area contributed by atoms with Crippen LogP contribution in [-0.4, -0.2) is 36.0 Å². The van der Waals surface area contributed by atoms with E-state index in [2.05, 4.69) is 20.5 Å². The summed E-state index contributed by atoms with van der Waals surface area (Å²) in [7, 11) is 1.60. The molecule has 1 amide bonds. The molecule has 3 aromatic rings. The van der Waals surface area contributed by atoms with E-state index in [1.54, 1.807) is 7.05 Å². The van der Waals surface area contributed by atoms with E-state index in [0.717, 1.165) is 11.8 Å². The highest BCUT2D eigenvalue weighted by molar-refractivity contribution is 7.99. The minimum absolute atomic E-state index is 0.0226. The zero-order chi connectivity index (χ0) is 24.6. The Kier molecular flexibility index (Phi) is 7.19. The Morgan fingerprint density at radius 2 is 1.67 bits per heavy atom. The molecule has 0 aliphatic carbocycles. The third-order valence-corrected chi connectivity index (χ3v) is 5.96. The second-order valence-electron chi connectivity index (χ2n) is 6.54. The van der Waals surface area contributed by atoms with Crippen molar-refractivity contribution >= 4 is 46.6 Å². The number of aromatic nitrogens is 5. The van der Waals surface area contributed by atoms with Crippen molar-refractivity contribution in [3.05, 3.63) is 51.8 Å². The molecule has 178 valence electrons. The van der Waals surface area contributed by atoms with Crippen LogP contribution in [0.15, 0.2) is 29.7 Å². The maximum atomic E-state index is 12.9. The van der Waals surface area contributed by atoms with Crippen LogP contribution in [-0.2, 0) is 30.7 Å². The van der Waals surface area contributed by atoms with Crippen LogP contribution in [0.2, 0.25) is 10.3 Å². The van der Waals surface area contributed by atoms with E-state index in [4.69, 9.17) is 23.2 Å². The highest BCUT2D eigenvalue weighted by Crippen LogP contribution is 2.37. The molecule has 16 heteroatoms. The minimum Gasteiger partial charge on any atom is -0.325 e. The monoisotopic (exact) mass is 532 g/mol. The molecule has 3 rings (SSSR count). The van der Waals surface area contributed by atoms with Gasteiger partial charge in [-0.15, -0.1) is 10.2 Å². The number of alkyl halides is 6. The molecule has 0 spiro atoms. The Balaban J connectivity index is 1.69. The Morgan fingerprint density at radius 1 is 1.06 bits per heavy atom. The van der Waals surface area contributed by atoms with Crippen LogP contribution in [0.25, 0.3) is 0 Å². The smallest absolute Gasteiger partial charge is 0.325 e. The lowest BCUT2D eigenvalue weighted by Gasteiger charge is -2.14. The van der Waals surface area contributed by atoms with Gasteiger partial charge in [0.05, 0.1) is 29.8 Å². The number of imidazole rings is 1. The second-order valence-corrected chi connectivity index (χ2v) is 8.20. The summed E-state index contributed by atoms with van der Waals surface area (Å²) in [5, 5.41) is 10.5. The Hall–Kier alpha value is -2.45. The molecule has 0 saturated carbocycles. The summed E-state index contributed by atoms with van der Waals surface area (Å²) >= 11 is 12.7. The van der Waals surface area contributed by atoms with Crippen molar-refractivity contribution in [2.75, 3.05) is 11.1 Å². The molecule has 33 heavy (non-hydrogen) atoms. The molecular weight excluding hydrogens is 521 g/mol. The maximum Gasteiger partial charge on any atom is 0.416 e. The van der Waals surface area contributed by atoms with Crippen LogP contribution in [0, 0.1) is 0 Å². The lowest BCUT2D eigenvalue weighted by Crippen LogP contribution is -2.17. The SMILES string of the molecule is Cn1c(Cn2cnc(Cl)c2Cl)nnc1SCC(=O)Nc1cc(C(F)(F)F)cc(C(F)(F)F)c1. The quantitative estimate of drug-likeness (QED) is 0.351. The average Bonchev–Trinajstić information content (AvgIpc) is 3.22. The largest absolute Gasteiger partial charge is 0.416 e. The molecule has 0 radical (unpaired) electrons. The summed E-state index contributed by atoms with van der Waals surface area (Å²) in [5.74, 6) is -0.746. The van der Waals surface area contributed by atoms with Gasteiger partial charge in [-0.05, 0) is 18.2 Å². The first-order valence-corrected chi connectivity index (χ1v) is 10.5. The average molecular weight is 533 g/mol. The summed E-state index contributed by atoms with van der Waals surface area (Å²) in [5.41, 5.74) is -3.69. The van der Waals surface area contributed by atoms with Crippen LogP contribution in [0.4, 0.5) is 32.0 Å². The third kappa shape index (κ3) is 6.12. The molecular formula is C17H12Cl2F6N6OS. The molecule has 1 N–H and O–H groups in total. The molecule has 0 unspecified atom stereocenters. The van der Waals surface area contributed by atoms with Crippen molar-refractivity contribution in [2.45, 2.75) is 24.1 Å². The van der Waals surface area contributed by atoms with Gasteiger partial charge in [-0.25, -0.2) is 4.98 Å². The van der Waals surface area contributed by atoms with Gasteiger partial charge in [-0.2, -0.15) is 26.3 Å². The summed E-state index contributed by atoms with van der Waals surface area (Å²) in [6.45, 7) is 0.166. The van der Waals surface area contributed by atoms with Gasteiger partial charge in [0.2, 0.25) is 5.91 Å². The Bertz CT molecular complexity index is 1140. The van der Waals surface area contributed by atoms with Gasteiger partial charge in [0, 0.05) is 12.7 Å². The first-order valence-electron chi connectivity index (χ1n) is 8.72. The standard InChI is InChI=1S/C17H12Cl2F6N6OS/c1-30-11(5-31-7-26-13(18)14(31)19)28-29-15(30)33-6-12(32)27-10-3-8(16(20,21)22)2-9(4-10)17(23,24)25/h2-4,7H,5-6H2,1H3,(H,27,32). The van der Waals surface area contributed by atoms with Crippen LogP contribution in [0.5, 0.6) is 0 Å². The molecule has 0 aliphatic heterocycles. The predicted molar refractivity (Wildman–Crippen MR) is 108 cm³/mol. The van der Waals surface area contributed by atoms with Crippen LogP contribution in [0.3, 0.4) is 0 Å². The fourth-order valence-electron chi connectivity index (χ4n) is 2.57. The van der Waals surface area contributed by atoms with Crippen molar-refractivity contribution in [3.8, 4) is 0 Å². The molecule has 2 aromatic heterocycles. The topological polar surface area (TPSA) is 77.6 Å². The normalized spacial score (nSPS) is 12.3. The van der Waals surface area contributed by atoms with E-state index in [-0.39, 0.29) is 33.8 Å². The van der Waals surface area contributed by atoms with Gasteiger partial charge in [0.25, 0.3) is 0 Å². The summed E-state index contributed by atoms with van der Waals surface area (Å²) in [6, 6.07) is 0.835. The van der Waals surface area contributed by atoms with Gasteiger partial charge in [-0.1, -0.05) is 35.0 Å². The van der Waals surface area contributed by atoms with E-state index >= 15 is 0 Å². The first-order chi connectivity index (χ1) is 15.3. The maximum absolute atomic E-state index is 12.9. The highest BCUT2D eigenvalue weighted by atomic mass is 35.5. The van der Waals surface area contributed by atoms with E-state index in [1.807, 2.05) is 0 Å². The highest BCUT2D eigenvalue weighted by Gasteiger charge is 2.37. The number of carbonyl (C=O) groups is 1. The van der Waals surface area contributed by atoms with Gasteiger partial charge in [0.15, 0.2) is 16.1 Å². The van der Waals surface area contributed by atoms with Gasteiger partial charge >= 0.3 is 12.4 Å². The fourth-order valence-corrected chi connectivity index (χ4v) is 3.60. The lowest BCUT2D eigenvalue weighted by atomic mass is 10.1. The summed E-state index contributed by atoms with van der Waals surface area (Å²) < 4.78 is 80.7. The zero-order valence-corrected chi connectivity index (χ0v) is 18.6. The number of nitrogens with zero attached hydrogens (tertiary/aromatic N) is 5. The molecule has 1 aromatic carbocycles. The Morgan fingerprint density at radius 3 is 2.18 bits per heavy atom. The molecule has 0 bridgehead atoms. The molecule has 0 saturated heterocycles. The van der Waals surface area contributed by atoms with E-state index < -0.39 is 35.1 Å². The molecule has 0 atom stereocenters. The number of nitrogens with one attached hydrogen (secondary N) is 1. The predicted octanol–water partition coefficient (Wildman–Crippen LogP) is 5.14. The van der Waals surface area contributed by atoms with Crippen molar-refractivity contribution in [1.82, 2.24) is 24.3 Å². The number of hydrogen-bond acceptors (Lipinski definition) is 5. The van der Waals surface area contributed by atoms with Gasteiger partial charge in [-0.3, -0.25) is 4.79 Å². The van der Waals surface area contributed by atoms with E-state index in [9.17, 15) is 31.1 Å². The zero-order valence-electron chi connectivity index (χ0n) is 16.3. The molecule has 0 fully saturated rings. The lowest BCUT2D eigenvalue weighted by molar-refractivity contribution is -0.143. The molecule has 7 nitrogen and oxygen atoms in total. The van der Waals surface area contributed by atoms with Crippen molar-refractivity contribution in [2.24, 2.45) is 7.05 Å². The molecule has 0 aliphatic rings. The van der Waals surface area contributed by atoms with Crippen LogP contribution < -0.4 is 5.32 Å². The fraction of sp³-hybridized carbons (Fsp3) is 0.294. The Labute approximate surface area is 196 Å². The van der Waals surface area contributed by atoms with Gasteiger partial charge in [0.1, 0.15) is 5.15 Å². The number of thioether (sulfide) groups is 1. The number of halogens is 8. The van der Waals surface area contributed by atoms with Crippen LogP contribution in [0.1, 0.15) is 17.0 Å². The second kappa shape index (κ2) is 9.43. The van der Waals surface area contributed by atoms with Crippen molar-refractivity contribution < 1.29 is 31.1 Å². The summed E-state index contributed by atoms with van der Waals surface area (Å²) in [6.07, 6.45) is -8.65. The number of rotatable bonds is 6. The van der Waals surface area contributed by atoms with Crippen molar-refractivity contribution in [1.29, 1.82) is 0 Å². The number of anilines is 1. The van der Waals surface area contributed by atoms with E-state index in [0.29, 0.717) is 18.0 Å². The van der Waals surface area contributed by atoms with Crippen molar-refractivity contribution in [3.63, 3.8) is 0 Å². The van der Waals surface area contributed by atoms with Gasteiger partial charge < -0.3 is 14.5 Å². The summed E-state index contributed by atoms with van der Waals surface area (Å²) in [4.78, 5) is 16.0. The van der Waals surface area contributed by atoms with Crippen LogP contribution >= 0.6 is 35.0 Å². The minimum atomic E-state index is -5.02. The third-order valence-electron chi connectivity index (χ3n) is 4.17. The molecule has 2 heterocycles. The number of benzene rings is 1. The van der Waals surface area contributed by atoms with E-state index in [1.165, 1.54) is 15.5 Å². The number of hydrogen-bond donors (Lipinski definition) is 1. The first kappa shape index (κ1) is 25.2. The number of amides is 1. The number of carbonyl (C=O) groups excluding carboxylic acids is 1.